The SMILES string of the molecule is O=C(OCc1ccccc1)N1C2C=C(c3cc(C(F)(F)F)ccc3F)CC1CC2. The van der Waals surface area contributed by atoms with Crippen molar-refractivity contribution in [3.8, 4) is 0 Å². The van der Waals surface area contributed by atoms with Crippen molar-refractivity contribution in [1.82, 2.24) is 4.90 Å². The summed E-state index contributed by atoms with van der Waals surface area (Å²) in [6.45, 7) is 0.147. The van der Waals surface area contributed by atoms with E-state index in [2.05, 4.69) is 0 Å². The van der Waals surface area contributed by atoms with E-state index in [0.717, 1.165) is 23.8 Å². The van der Waals surface area contributed by atoms with Crippen LogP contribution in [0.5, 0.6) is 0 Å². The molecule has 3 nitrogen and oxygen atoms in total. The predicted octanol–water partition coefficient (Wildman–Crippen LogP) is 5.80. The van der Waals surface area contributed by atoms with Gasteiger partial charge in [-0.05, 0) is 48.6 Å². The molecule has 2 bridgehead atoms. The van der Waals surface area contributed by atoms with Crippen molar-refractivity contribution in [2.45, 2.75) is 44.1 Å². The molecule has 1 amide bonds. The molecule has 0 spiro atoms. The van der Waals surface area contributed by atoms with Gasteiger partial charge in [0.1, 0.15) is 12.4 Å². The lowest BCUT2D eigenvalue weighted by atomic mass is 9.93. The van der Waals surface area contributed by atoms with E-state index in [1.54, 1.807) is 11.0 Å². The Labute approximate surface area is 165 Å². The third-order valence-electron chi connectivity index (χ3n) is 5.45. The standard InChI is InChI=1S/C22H19F4NO2/c23-20-9-6-16(22(24,25)26)12-19(20)15-10-17-7-8-18(11-15)27(17)21(28)29-13-14-4-2-1-3-5-14/h1-6,9-10,12,17-18H,7-8,11,13H2. The highest BCUT2D eigenvalue weighted by Crippen LogP contribution is 2.41. The number of carbonyl (C=O) groups is 1. The summed E-state index contributed by atoms with van der Waals surface area (Å²) in [6.07, 6.45) is -1.62. The monoisotopic (exact) mass is 405 g/mol. The number of carbonyl (C=O) groups excluding carboxylic acids is 1. The Balaban J connectivity index is 1.52. The molecule has 4 rings (SSSR count). The van der Waals surface area contributed by atoms with Gasteiger partial charge in [-0.2, -0.15) is 13.2 Å². The number of fused-ring (bicyclic) bond motifs is 2. The molecule has 2 aromatic rings. The van der Waals surface area contributed by atoms with Crippen LogP contribution in [0, 0.1) is 5.82 Å². The van der Waals surface area contributed by atoms with Crippen LogP contribution in [0.3, 0.4) is 0 Å². The molecular formula is C22H19F4NO2. The van der Waals surface area contributed by atoms with Crippen LogP contribution >= 0.6 is 0 Å². The van der Waals surface area contributed by atoms with Gasteiger partial charge in [-0.3, -0.25) is 4.90 Å². The third kappa shape index (κ3) is 3.99. The number of amides is 1. The van der Waals surface area contributed by atoms with Crippen LogP contribution in [0.2, 0.25) is 0 Å². The minimum atomic E-state index is -4.54. The minimum absolute atomic E-state index is 0.0472. The van der Waals surface area contributed by atoms with Crippen molar-refractivity contribution in [2.24, 2.45) is 0 Å². The summed E-state index contributed by atoms with van der Waals surface area (Å²) in [6, 6.07) is 11.2. The first-order valence-corrected chi connectivity index (χ1v) is 9.40. The molecule has 1 saturated heterocycles. The van der Waals surface area contributed by atoms with Gasteiger partial charge in [0, 0.05) is 11.6 Å². The fourth-order valence-electron chi connectivity index (χ4n) is 4.06. The Bertz CT molecular complexity index is 940. The molecule has 0 saturated carbocycles. The number of benzene rings is 2. The largest absolute Gasteiger partial charge is 0.445 e. The second kappa shape index (κ2) is 7.54. The molecule has 29 heavy (non-hydrogen) atoms. The maximum atomic E-state index is 14.3. The van der Waals surface area contributed by atoms with E-state index in [1.165, 1.54) is 0 Å². The number of hydrogen-bond acceptors (Lipinski definition) is 2. The van der Waals surface area contributed by atoms with E-state index >= 15 is 0 Å². The molecule has 2 heterocycles. The number of nitrogens with zero attached hydrogens (tertiary/aromatic N) is 1. The number of alkyl halides is 3. The highest BCUT2D eigenvalue weighted by Gasteiger charge is 2.41. The Morgan fingerprint density at radius 2 is 1.86 bits per heavy atom. The van der Waals surface area contributed by atoms with Gasteiger partial charge < -0.3 is 4.74 Å². The normalized spacial score (nSPS) is 21.1. The summed E-state index contributed by atoms with van der Waals surface area (Å²) in [5.74, 6) is -0.691. The Morgan fingerprint density at radius 1 is 1.10 bits per heavy atom. The second-order valence-electron chi connectivity index (χ2n) is 7.33. The number of ether oxygens (including phenoxy) is 1. The Morgan fingerprint density at radius 3 is 2.55 bits per heavy atom. The Kier molecular flexibility index (Phi) is 5.06. The second-order valence-corrected chi connectivity index (χ2v) is 7.33. The molecule has 2 unspecified atom stereocenters. The summed E-state index contributed by atoms with van der Waals surface area (Å²) in [7, 11) is 0. The third-order valence-corrected chi connectivity index (χ3v) is 5.45. The molecule has 2 aromatic carbocycles. The first-order chi connectivity index (χ1) is 13.8. The van der Waals surface area contributed by atoms with Crippen LogP contribution in [0.25, 0.3) is 5.57 Å². The lowest BCUT2D eigenvalue weighted by Gasteiger charge is -2.33. The van der Waals surface area contributed by atoms with Crippen molar-refractivity contribution in [3.63, 3.8) is 0 Å². The van der Waals surface area contributed by atoms with Crippen molar-refractivity contribution in [1.29, 1.82) is 0 Å². The molecule has 7 heteroatoms. The fraction of sp³-hybridized carbons (Fsp3) is 0.318. The van der Waals surface area contributed by atoms with Gasteiger partial charge in [0.2, 0.25) is 0 Å². The van der Waals surface area contributed by atoms with Gasteiger partial charge >= 0.3 is 12.3 Å². The molecule has 2 aliphatic heterocycles. The van der Waals surface area contributed by atoms with Gasteiger partial charge in [0.15, 0.2) is 0 Å². The summed E-state index contributed by atoms with van der Waals surface area (Å²) >= 11 is 0. The van der Waals surface area contributed by atoms with Crippen LogP contribution in [-0.2, 0) is 17.5 Å². The fourth-order valence-corrected chi connectivity index (χ4v) is 4.06. The zero-order chi connectivity index (χ0) is 20.6. The molecule has 1 fully saturated rings. The lowest BCUT2D eigenvalue weighted by molar-refractivity contribution is -0.137. The molecule has 0 radical (unpaired) electrons. The Hall–Kier alpha value is -2.83. The smallest absolute Gasteiger partial charge is 0.416 e. The molecule has 2 atom stereocenters. The van der Waals surface area contributed by atoms with E-state index in [-0.39, 0.29) is 24.3 Å². The van der Waals surface area contributed by atoms with Crippen LogP contribution < -0.4 is 0 Å². The van der Waals surface area contributed by atoms with Gasteiger partial charge in [0.05, 0.1) is 11.6 Å². The average Bonchev–Trinajstić information content (AvgIpc) is 2.96. The molecule has 0 aliphatic carbocycles. The van der Waals surface area contributed by atoms with Gasteiger partial charge in [-0.1, -0.05) is 36.4 Å². The first-order valence-electron chi connectivity index (χ1n) is 9.40. The average molecular weight is 405 g/mol. The van der Waals surface area contributed by atoms with Crippen molar-refractivity contribution < 1.29 is 27.1 Å². The topological polar surface area (TPSA) is 29.5 Å². The zero-order valence-electron chi connectivity index (χ0n) is 15.5. The lowest BCUT2D eigenvalue weighted by Crippen LogP contribution is -2.43. The van der Waals surface area contributed by atoms with E-state index < -0.39 is 23.7 Å². The van der Waals surface area contributed by atoms with Crippen molar-refractivity contribution in [3.05, 3.63) is 77.1 Å². The number of rotatable bonds is 3. The molecular weight excluding hydrogens is 386 g/mol. The molecule has 2 aliphatic rings. The first kappa shape index (κ1) is 19.5. The van der Waals surface area contributed by atoms with E-state index in [4.69, 9.17) is 4.74 Å². The molecule has 0 N–H and O–H groups in total. The summed E-state index contributed by atoms with van der Waals surface area (Å²) < 4.78 is 58.7. The van der Waals surface area contributed by atoms with Gasteiger partial charge in [-0.25, -0.2) is 9.18 Å². The van der Waals surface area contributed by atoms with Crippen molar-refractivity contribution in [2.75, 3.05) is 0 Å². The zero-order valence-corrected chi connectivity index (χ0v) is 15.5. The van der Waals surface area contributed by atoms with Crippen LogP contribution in [0.1, 0.15) is 36.0 Å². The highest BCUT2D eigenvalue weighted by atomic mass is 19.4. The predicted molar refractivity (Wildman–Crippen MR) is 99.3 cm³/mol. The van der Waals surface area contributed by atoms with Crippen LogP contribution in [0.15, 0.2) is 54.6 Å². The minimum Gasteiger partial charge on any atom is -0.445 e. The quantitative estimate of drug-likeness (QED) is 0.604. The van der Waals surface area contributed by atoms with Gasteiger partial charge in [0.25, 0.3) is 0 Å². The van der Waals surface area contributed by atoms with E-state index in [0.29, 0.717) is 24.8 Å². The highest BCUT2D eigenvalue weighted by molar-refractivity contribution is 5.75. The number of halogens is 4. The maximum Gasteiger partial charge on any atom is 0.416 e. The van der Waals surface area contributed by atoms with Gasteiger partial charge in [-0.15, -0.1) is 0 Å². The molecule has 152 valence electrons. The van der Waals surface area contributed by atoms with Crippen molar-refractivity contribution >= 4 is 11.7 Å². The molecule has 0 aromatic heterocycles. The van der Waals surface area contributed by atoms with Crippen LogP contribution in [0.4, 0.5) is 22.4 Å². The number of hydrogen-bond donors (Lipinski definition) is 0. The summed E-state index contributed by atoms with van der Waals surface area (Å²) in [5.41, 5.74) is 0.446. The van der Waals surface area contributed by atoms with Crippen LogP contribution in [-0.4, -0.2) is 23.1 Å². The van der Waals surface area contributed by atoms with E-state index in [9.17, 15) is 22.4 Å². The van der Waals surface area contributed by atoms with E-state index in [1.807, 2.05) is 30.3 Å². The summed E-state index contributed by atoms with van der Waals surface area (Å²) in [5, 5.41) is 0. The summed E-state index contributed by atoms with van der Waals surface area (Å²) in [4.78, 5) is 14.2. The maximum absolute atomic E-state index is 14.3.